The van der Waals surface area contributed by atoms with E-state index in [2.05, 4.69) is 31.2 Å². The Kier molecular flexibility index (Phi) is 4.41. The number of sulfonamides is 1. The van der Waals surface area contributed by atoms with Crippen LogP contribution in [0.2, 0.25) is 0 Å². The van der Waals surface area contributed by atoms with E-state index >= 15 is 0 Å². The number of likely N-dealkylation sites (N-methyl/N-ethyl adjacent to an activating group) is 1. The fraction of sp³-hybridized carbons (Fsp3) is 0.500. The first-order chi connectivity index (χ1) is 8.95. The number of nitrogens with zero attached hydrogens (tertiary/aromatic N) is 3. The molecule has 106 valence electrons. The lowest BCUT2D eigenvalue weighted by atomic mass is 10.4. The first-order valence-corrected chi connectivity index (χ1v) is 7.99. The van der Waals surface area contributed by atoms with E-state index in [0.29, 0.717) is 30.7 Å². The maximum Gasteiger partial charge on any atom is 0.246 e. The van der Waals surface area contributed by atoms with Gasteiger partial charge in [0.05, 0.1) is 0 Å². The van der Waals surface area contributed by atoms with Crippen molar-refractivity contribution < 1.29 is 8.42 Å². The molecule has 7 nitrogen and oxygen atoms in total. The number of nitrogens with one attached hydrogen (secondary N) is 1. The third-order valence-corrected chi connectivity index (χ3v) is 5.38. The van der Waals surface area contributed by atoms with Crippen molar-refractivity contribution in [2.24, 2.45) is 5.84 Å². The number of hydrazine groups is 1. The van der Waals surface area contributed by atoms with E-state index in [4.69, 9.17) is 5.84 Å². The Bertz CT molecular complexity index is 557. The van der Waals surface area contributed by atoms with Gasteiger partial charge in [0.15, 0.2) is 5.82 Å². The zero-order valence-corrected chi connectivity index (χ0v) is 12.9. The summed E-state index contributed by atoms with van der Waals surface area (Å²) in [5.74, 6) is 5.48. The minimum absolute atomic E-state index is 0.0916. The summed E-state index contributed by atoms with van der Waals surface area (Å²) in [6.07, 6.45) is 1.50. The highest BCUT2D eigenvalue weighted by atomic mass is 79.9. The molecule has 9 heteroatoms. The largest absolute Gasteiger partial charge is 0.307 e. The minimum atomic E-state index is -3.58. The van der Waals surface area contributed by atoms with Gasteiger partial charge in [-0.15, -0.1) is 0 Å². The molecule has 0 aromatic carbocycles. The Balaban J connectivity index is 2.36. The van der Waals surface area contributed by atoms with Crippen LogP contribution in [0.15, 0.2) is 21.6 Å². The Morgan fingerprint density at radius 1 is 1.37 bits per heavy atom. The van der Waals surface area contributed by atoms with E-state index in [1.165, 1.54) is 16.6 Å². The summed E-state index contributed by atoms with van der Waals surface area (Å²) in [5.41, 5.74) is 2.33. The summed E-state index contributed by atoms with van der Waals surface area (Å²) in [6.45, 7) is 2.36. The van der Waals surface area contributed by atoms with Crippen LogP contribution in [0.4, 0.5) is 5.82 Å². The average molecular weight is 350 g/mol. The van der Waals surface area contributed by atoms with Crippen LogP contribution in [0.25, 0.3) is 0 Å². The van der Waals surface area contributed by atoms with Crippen molar-refractivity contribution >= 4 is 31.8 Å². The fourth-order valence-corrected chi connectivity index (χ4v) is 3.93. The number of anilines is 1. The van der Waals surface area contributed by atoms with Gasteiger partial charge in [-0.2, -0.15) is 4.31 Å². The van der Waals surface area contributed by atoms with Crippen molar-refractivity contribution in [2.75, 3.05) is 38.7 Å². The van der Waals surface area contributed by atoms with Gasteiger partial charge in [-0.05, 0) is 29.0 Å². The number of pyridine rings is 1. The molecule has 3 N–H and O–H groups in total. The van der Waals surface area contributed by atoms with Crippen LogP contribution >= 0.6 is 15.9 Å². The zero-order valence-electron chi connectivity index (χ0n) is 10.5. The lowest BCUT2D eigenvalue weighted by Crippen LogP contribution is -2.47. The molecule has 1 aromatic heterocycles. The van der Waals surface area contributed by atoms with Crippen LogP contribution in [-0.2, 0) is 10.0 Å². The number of halogens is 1. The Morgan fingerprint density at radius 3 is 2.58 bits per heavy atom. The van der Waals surface area contributed by atoms with Crippen LogP contribution < -0.4 is 11.3 Å². The molecule has 0 aliphatic carbocycles. The number of aromatic nitrogens is 1. The first kappa shape index (κ1) is 14.7. The summed E-state index contributed by atoms with van der Waals surface area (Å²) in [5, 5.41) is 0. The van der Waals surface area contributed by atoms with Crippen LogP contribution in [0.5, 0.6) is 0 Å². The van der Waals surface area contributed by atoms with Crippen molar-refractivity contribution in [1.82, 2.24) is 14.2 Å². The van der Waals surface area contributed by atoms with E-state index in [9.17, 15) is 8.42 Å². The molecular weight excluding hydrogens is 334 g/mol. The topological polar surface area (TPSA) is 91.6 Å². The van der Waals surface area contributed by atoms with E-state index in [1.54, 1.807) is 0 Å². The van der Waals surface area contributed by atoms with Crippen molar-refractivity contribution in [3.8, 4) is 0 Å². The summed E-state index contributed by atoms with van der Waals surface area (Å²) in [6, 6.07) is 1.51. The molecule has 2 heterocycles. The van der Waals surface area contributed by atoms with Crippen LogP contribution in [0, 0.1) is 0 Å². The van der Waals surface area contributed by atoms with Gasteiger partial charge in [-0.25, -0.2) is 19.2 Å². The van der Waals surface area contributed by atoms with E-state index in [-0.39, 0.29) is 10.7 Å². The van der Waals surface area contributed by atoms with Crippen molar-refractivity contribution in [1.29, 1.82) is 0 Å². The molecule has 1 aromatic rings. The summed E-state index contributed by atoms with van der Waals surface area (Å²) in [7, 11) is -1.61. The highest BCUT2D eigenvalue weighted by molar-refractivity contribution is 9.10. The predicted octanol–water partition coefficient (Wildman–Crippen LogP) is 0.0658. The molecule has 0 unspecified atom stereocenters. The third kappa shape index (κ3) is 3.06. The molecule has 0 atom stereocenters. The Labute approximate surface area is 120 Å². The zero-order chi connectivity index (χ0) is 14.0. The normalized spacial score (nSPS) is 18.5. The lowest BCUT2D eigenvalue weighted by molar-refractivity contribution is 0.222. The molecule has 1 saturated heterocycles. The number of hydrogen-bond acceptors (Lipinski definition) is 6. The minimum Gasteiger partial charge on any atom is -0.307 e. The van der Waals surface area contributed by atoms with Gasteiger partial charge < -0.3 is 10.3 Å². The first-order valence-electron chi connectivity index (χ1n) is 5.76. The summed E-state index contributed by atoms with van der Waals surface area (Å²) >= 11 is 3.23. The van der Waals surface area contributed by atoms with Gasteiger partial charge >= 0.3 is 0 Å². The van der Waals surface area contributed by atoms with Crippen molar-refractivity contribution in [3.05, 3.63) is 16.7 Å². The van der Waals surface area contributed by atoms with Gasteiger partial charge in [0.1, 0.15) is 4.90 Å². The predicted molar refractivity (Wildman–Crippen MR) is 76.0 cm³/mol. The SMILES string of the molecule is CN1CCN(S(=O)(=O)c2cc(Br)cnc2NN)CC1. The van der Waals surface area contributed by atoms with Gasteiger partial charge in [0.25, 0.3) is 0 Å². The second kappa shape index (κ2) is 5.71. The summed E-state index contributed by atoms with van der Waals surface area (Å²) < 4.78 is 27.2. The molecule has 0 saturated carbocycles. The second-order valence-electron chi connectivity index (χ2n) is 4.35. The highest BCUT2D eigenvalue weighted by Gasteiger charge is 2.30. The van der Waals surface area contributed by atoms with Gasteiger partial charge in [-0.1, -0.05) is 0 Å². The monoisotopic (exact) mass is 349 g/mol. The van der Waals surface area contributed by atoms with Crippen LogP contribution in [-0.4, -0.2) is 55.8 Å². The van der Waals surface area contributed by atoms with Crippen LogP contribution in [0.1, 0.15) is 0 Å². The van der Waals surface area contributed by atoms with Gasteiger partial charge in [-0.3, -0.25) is 0 Å². The standard InChI is InChI=1S/C10H16BrN5O2S/c1-15-2-4-16(5-3-15)19(17,18)9-6-8(11)7-13-10(9)14-12/h6-7H,2-5,12H2,1H3,(H,13,14). The Hall–Kier alpha value is -0.740. The number of nitrogens with two attached hydrogens (primary N) is 1. The second-order valence-corrected chi connectivity index (χ2v) is 7.17. The number of rotatable bonds is 3. The smallest absolute Gasteiger partial charge is 0.246 e. The van der Waals surface area contributed by atoms with Crippen molar-refractivity contribution in [2.45, 2.75) is 4.90 Å². The number of hydrogen-bond donors (Lipinski definition) is 2. The van der Waals surface area contributed by atoms with Crippen molar-refractivity contribution in [3.63, 3.8) is 0 Å². The van der Waals surface area contributed by atoms with Gasteiger partial charge in [0, 0.05) is 36.8 Å². The molecule has 0 spiro atoms. The van der Waals surface area contributed by atoms with Crippen LogP contribution in [0.3, 0.4) is 0 Å². The Morgan fingerprint density at radius 2 is 2.00 bits per heavy atom. The molecule has 0 amide bonds. The van der Waals surface area contributed by atoms with E-state index in [0.717, 1.165) is 0 Å². The fourth-order valence-electron chi connectivity index (χ4n) is 1.89. The quantitative estimate of drug-likeness (QED) is 0.592. The third-order valence-electron chi connectivity index (χ3n) is 3.04. The van der Waals surface area contributed by atoms with Gasteiger partial charge in [0.2, 0.25) is 10.0 Å². The molecule has 1 fully saturated rings. The highest BCUT2D eigenvalue weighted by Crippen LogP contribution is 2.26. The number of nitrogen functional groups attached to an aromatic ring is 1. The maximum atomic E-state index is 12.6. The summed E-state index contributed by atoms with van der Waals surface area (Å²) in [4.78, 5) is 6.16. The molecule has 19 heavy (non-hydrogen) atoms. The molecular formula is C10H16BrN5O2S. The molecule has 1 aliphatic rings. The molecule has 0 bridgehead atoms. The number of piperazine rings is 1. The lowest BCUT2D eigenvalue weighted by Gasteiger charge is -2.31. The average Bonchev–Trinajstić information content (AvgIpc) is 2.39. The molecule has 2 rings (SSSR count). The molecule has 1 aliphatic heterocycles. The van der Waals surface area contributed by atoms with E-state index in [1.807, 2.05) is 7.05 Å². The van der Waals surface area contributed by atoms with E-state index < -0.39 is 10.0 Å². The molecule has 0 radical (unpaired) electrons. The maximum absolute atomic E-state index is 12.6.